The maximum absolute atomic E-state index is 13.4. The van der Waals surface area contributed by atoms with Gasteiger partial charge in [0, 0.05) is 0 Å². The molecule has 3 aromatic rings. The van der Waals surface area contributed by atoms with Crippen molar-refractivity contribution in [3.63, 3.8) is 0 Å². The van der Waals surface area contributed by atoms with Crippen molar-refractivity contribution in [3.05, 3.63) is 54.4 Å². The number of fused-ring (bicyclic) bond motifs is 2. The van der Waals surface area contributed by atoms with Crippen molar-refractivity contribution in [2.45, 2.75) is 32.1 Å². The minimum atomic E-state index is -4.79. The summed E-state index contributed by atoms with van der Waals surface area (Å²) in [5, 5.41) is 2.71. The molecule has 0 saturated carbocycles. The Morgan fingerprint density at radius 3 is 2.48 bits per heavy atom. The lowest BCUT2D eigenvalue weighted by atomic mass is 9.96. The van der Waals surface area contributed by atoms with Gasteiger partial charge in [0.2, 0.25) is 11.7 Å². The summed E-state index contributed by atoms with van der Waals surface area (Å²) in [6.45, 7) is 1.53. The number of para-hydroxylation sites is 4. The van der Waals surface area contributed by atoms with Crippen LogP contribution in [0.25, 0.3) is 11.0 Å². The Bertz CT molecular complexity index is 1270. The number of ether oxygens (including phenoxy) is 1. The Kier molecular flexibility index (Phi) is 5.35. The summed E-state index contributed by atoms with van der Waals surface area (Å²) >= 11 is 0. The zero-order valence-electron chi connectivity index (χ0n) is 17.6. The largest absolute Gasteiger partial charge is 0.454 e. The molecule has 1 aliphatic heterocycles. The van der Waals surface area contributed by atoms with Crippen LogP contribution >= 0.6 is 0 Å². The number of imidazole rings is 1. The van der Waals surface area contributed by atoms with E-state index in [9.17, 15) is 27.6 Å². The molecule has 11 heteroatoms. The molecule has 1 aliphatic rings. The number of anilines is 2. The molecule has 2 heterocycles. The van der Waals surface area contributed by atoms with Crippen molar-refractivity contribution >= 4 is 40.2 Å². The van der Waals surface area contributed by atoms with Gasteiger partial charge < -0.3 is 14.6 Å². The van der Waals surface area contributed by atoms with E-state index in [0.29, 0.717) is 15.9 Å². The van der Waals surface area contributed by atoms with Crippen molar-refractivity contribution in [2.24, 2.45) is 0 Å². The number of hydrogen-bond acceptors (Lipinski definition) is 5. The van der Waals surface area contributed by atoms with Gasteiger partial charge in [0.15, 0.2) is 6.61 Å². The third-order valence-electron chi connectivity index (χ3n) is 5.31. The number of nitrogens with zero attached hydrogens (tertiary/aromatic N) is 3. The number of esters is 1. The van der Waals surface area contributed by atoms with Crippen molar-refractivity contribution in [2.75, 3.05) is 16.8 Å². The quantitative estimate of drug-likeness (QED) is 0.603. The van der Waals surface area contributed by atoms with Crippen LogP contribution in [-0.2, 0) is 31.8 Å². The molecule has 1 N–H and O–H groups in total. The first kappa shape index (κ1) is 22.3. The minimum absolute atomic E-state index is 0.0754. The maximum Gasteiger partial charge on any atom is 0.449 e. The second kappa shape index (κ2) is 7.91. The van der Waals surface area contributed by atoms with E-state index < -0.39 is 48.5 Å². The zero-order valence-corrected chi connectivity index (χ0v) is 17.6. The van der Waals surface area contributed by atoms with Crippen LogP contribution in [0.2, 0.25) is 0 Å². The van der Waals surface area contributed by atoms with Crippen molar-refractivity contribution in [3.8, 4) is 0 Å². The summed E-state index contributed by atoms with van der Waals surface area (Å²) < 4.78 is 46.0. The average molecular weight is 460 g/mol. The third-order valence-corrected chi connectivity index (χ3v) is 5.31. The van der Waals surface area contributed by atoms with E-state index in [1.165, 1.54) is 43.0 Å². The number of carbonyl (C=O) groups excluding carboxylic acids is 3. The first-order valence-electron chi connectivity index (χ1n) is 9.92. The van der Waals surface area contributed by atoms with Gasteiger partial charge in [-0.25, -0.2) is 4.98 Å². The van der Waals surface area contributed by atoms with E-state index in [2.05, 4.69) is 10.3 Å². The molecule has 172 valence electrons. The van der Waals surface area contributed by atoms with Crippen LogP contribution in [-0.4, -0.2) is 39.5 Å². The van der Waals surface area contributed by atoms with Crippen LogP contribution in [0.15, 0.2) is 48.5 Å². The topological polar surface area (TPSA) is 93.5 Å². The lowest BCUT2D eigenvalue weighted by Gasteiger charge is -2.41. The molecule has 0 spiro atoms. The van der Waals surface area contributed by atoms with Gasteiger partial charge in [0.1, 0.15) is 12.1 Å². The Morgan fingerprint density at radius 1 is 1.09 bits per heavy atom. The summed E-state index contributed by atoms with van der Waals surface area (Å²) in [5.41, 5.74) is -0.256. The van der Waals surface area contributed by atoms with E-state index in [1.54, 1.807) is 24.3 Å². The van der Waals surface area contributed by atoms with E-state index in [-0.39, 0.29) is 11.0 Å². The SMILES string of the molecule is CC1(C)C(=O)Nc2ccccc2N1C(=O)COC(=O)Cn1c(C(F)(F)F)nc2ccccc21. The van der Waals surface area contributed by atoms with Crippen LogP contribution in [0.1, 0.15) is 19.7 Å². The number of benzene rings is 2. The first-order chi connectivity index (χ1) is 15.5. The van der Waals surface area contributed by atoms with Gasteiger partial charge in [0.25, 0.3) is 5.91 Å². The minimum Gasteiger partial charge on any atom is -0.454 e. The van der Waals surface area contributed by atoms with Crippen LogP contribution in [0, 0.1) is 0 Å². The Hall–Kier alpha value is -3.89. The highest BCUT2D eigenvalue weighted by Gasteiger charge is 2.44. The Morgan fingerprint density at radius 2 is 1.76 bits per heavy atom. The second-order valence-corrected chi connectivity index (χ2v) is 7.93. The summed E-state index contributed by atoms with van der Waals surface area (Å²) in [6.07, 6.45) is -4.79. The highest BCUT2D eigenvalue weighted by Crippen LogP contribution is 2.36. The molecule has 0 bridgehead atoms. The fourth-order valence-corrected chi connectivity index (χ4v) is 3.73. The molecule has 0 unspecified atom stereocenters. The van der Waals surface area contributed by atoms with Crippen LogP contribution < -0.4 is 10.2 Å². The Balaban J connectivity index is 1.54. The fourth-order valence-electron chi connectivity index (χ4n) is 3.73. The van der Waals surface area contributed by atoms with Crippen LogP contribution in [0.4, 0.5) is 24.5 Å². The number of aromatic nitrogens is 2. The van der Waals surface area contributed by atoms with Gasteiger partial charge in [-0.2, -0.15) is 13.2 Å². The summed E-state index contributed by atoms with van der Waals surface area (Å²) in [4.78, 5) is 42.6. The van der Waals surface area contributed by atoms with E-state index >= 15 is 0 Å². The number of alkyl halides is 3. The van der Waals surface area contributed by atoms with Crippen molar-refractivity contribution < 1.29 is 32.3 Å². The lowest BCUT2D eigenvalue weighted by molar-refractivity contribution is -0.153. The van der Waals surface area contributed by atoms with E-state index in [4.69, 9.17) is 4.74 Å². The number of carbonyl (C=O) groups is 3. The van der Waals surface area contributed by atoms with E-state index in [0.717, 1.165) is 0 Å². The van der Waals surface area contributed by atoms with E-state index in [1.807, 2.05) is 0 Å². The summed E-state index contributed by atoms with van der Waals surface area (Å²) in [6, 6.07) is 12.5. The standard InChI is InChI=1S/C22H19F3N4O4/c1-21(2)20(32)27-14-8-4-6-10-16(14)29(21)17(30)12-33-18(31)11-28-15-9-5-3-7-13(15)26-19(28)22(23,24)25/h3-10H,11-12H2,1-2H3,(H,27,32). The zero-order chi connectivity index (χ0) is 24.0. The van der Waals surface area contributed by atoms with Gasteiger partial charge in [-0.15, -0.1) is 0 Å². The fraction of sp³-hybridized carbons (Fsp3) is 0.273. The van der Waals surface area contributed by atoms with Gasteiger partial charge in [-0.1, -0.05) is 24.3 Å². The summed E-state index contributed by atoms with van der Waals surface area (Å²) in [5.74, 6) is -3.41. The second-order valence-electron chi connectivity index (χ2n) is 7.93. The molecule has 33 heavy (non-hydrogen) atoms. The molecule has 2 aromatic carbocycles. The van der Waals surface area contributed by atoms with Crippen LogP contribution in [0.5, 0.6) is 0 Å². The predicted molar refractivity (Wildman–Crippen MR) is 112 cm³/mol. The molecular formula is C22H19F3N4O4. The smallest absolute Gasteiger partial charge is 0.449 e. The number of nitrogens with one attached hydrogen (secondary N) is 1. The third kappa shape index (κ3) is 4.01. The normalized spacial score (nSPS) is 15.2. The average Bonchev–Trinajstić information content (AvgIpc) is 3.12. The van der Waals surface area contributed by atoms with Gasteiger partial charge in [-0.3, -0.25) is 19.3 Å². The van der Waals surface area contributed by atoms with Crippen molar-refractivity contribution in [1.29, 1.82) is 0 Å². The van der Waals surface area contributed by atoms with Crippen molar-refractivity contribution in [1.82, 2.24) is 9.55 Å². The molecule has 0 atom stereocenters. The number of amides is 2. The Labute approximate surface area is 185 Å². The summed E-state index contributed by atoms with van der Waals surface area (Å²) in [7, 11) is 0. The molecular weight excluding hydrogens is 441 g/mol. The lowest BCUT2D eigenvalue weighted by Crippen LogP contribution is -2.59. The molecule has 0 saturated heterocycles. The molecule has 8 nitrogen and oxygen atoms in total. The van der Waals surface area contributed by atoms with Gasteiger partial charge in [0.05, 0.1) is 22.4 Å². The predicted octanol–water partition coefficient (Wildman–Crippen LogP) is 3.36. The number of rotatable bonds is 4. The highest BCUT2D eigenvalue weighted by molar-refractivity contribution is 6.14. The monoisotopic (exact) mass is 460 g/mol. The molecule has 0 radical (unpaired) electrons. The number of hydrogen-bond donors (Lipinski definition) is 1. The van der Waals surface area contributed by atoms with Crippen LogP contribution in [0.3, 0.4) is 0 Å². The van der Waals surface area contributed by atoms with Gasteiger partial charge in [-0.05, 0) is 38.1 Å². The maximum atomic E-state index is 13.4. The highest BCUT2D eigenvalue weighted by atomic mass is 19.4. The molecule has 0 aliphatic carbocycles. The molecule has 1 aromatic heterocycles. The first-order valence-corrected chi connectivity index (χ1v) is 9.92. The molecule has 4 rings (SSSR count). The molecule has 0 fully saturated rings. The van der Waals surface area contributed by atoms with Gasteiger partial charge >= 0.3 is 12.1 Å². The number of halogens is 3. The molecule has 2 amide bonds.